The first-order chi connectivity index (χ1) is 38.0. The molecule has 0 aromatic carbocycles. The number of ether oxygens (including phenoxy) is 3. The summed E-state index contributed by atoms with van der Waals surface area (Å²) in [5.74, 6) is -0.885. The molecule has 0 amide bonds. The van der Waals surface area contributed by atoms with Gasteiger partial charge in [0, 0.05) is 19.3 Å². The Kier molecular flexibility index (Phi) is 63.2. The highest BCUT2D eigenvalue weighted by molar-refractivity contribution is 5.71. The van der Waals surface area contributed by atoms with Crippen LogP contribution in [0.1, 0.15) is 355 Å². The van der Waals surface area contributed by atoms with Gasteiger partial charge in [-0.15, -0.1) is 0 Å². The molecule has 0 aliphatic rings. The summed E-state index contributed by atoms with van der Waals surface area (Å²) in [5, 5.41) is 0. The normalized spacial score (nSPS) is 12.4. The Balaban J connectivity index is 4.21. The molecule has 1 atom stereocenters. The SMILES string of the molecule is CC/C=C\C/C=C\C/C=C\C/C=C\CCCCCCCCC(=O)OC(COC(=O)CCCCCCC/C=C\CCCCC)COC(=O)CCCCCCCCCCCCCCCCCCCCCCCCCCCCCC. The molecule has 0 heterocycles. The van der Waals surface area contributed by atoms with E-state index in [0.717, 1.165) is 103 Å². The number of esters is 3. The van der Waals surface area contributed by atoms with Gasteiger partial charge in [0.05, 0.1) is 0 Å². The van der Waals surface area contributed by atoms with Crippen LogP contribution in [0.4, 0.5) is 0 Å². The van der Waals surface area contributed by atoms with E-state index in [2.05, 4.69) is 81.5 Å². The summed E-state index contributed by atoms with van der Waals surface area (Å²) in [6, 6.07) is 0. The summed E-state index contributed by atoms with van der Waals surface area (Å²) in [6.07, 6.45) is 84.0. The van der Waals surface area contributed by atoms with E-state index in [-0.39, 0.29) is 31.1 Å². The van der Waals surface area contributed by atoms with Gasteiger partial charge in [0.25, 0.3) is 0 Å². The molecule has 0 aromatic rings. The molecule has 0 N–H and O–H groups in total. The lowest BCUT2D eigenvalue weighted by atomic mass is 10.0. The summed E-state index contributed by atoms with van der Waals surface area (Å²) >= 11 is 0. The molecular formula is C71H128O6. The number of rotatable bonds is 62. The van der Waals surface area contributed by atoms with Crippen molar-refractivity contribution in [3.05, 3.63) is 60.8 Å². The van der Waals surface area contributed by atoms with Crippen LogP contribution >= 0.6 is 0 Å². The van der Waals surface area contributed by atoms with Gasteiger partial charge in [-0.05, 0) is 83.5 Å². The average molecular weight is 1080 g/mol. The third-order valence-electron chi connectivity index (χ3n) is 15.0. The first-order valence-corrected chi connectivity index (χ1v) is 33.8. The Labute approximate surface area is 479 Å². The predicted octanol–water partition coefficient (Wildman–Crippen LogP) is 23.1. The topological polar surface area (TPSA) is 78.9 Å². The lowest BCUT2D eigenvalue weighted by Gasteiger charge is -2.18. The third kappa shape index (κ3) is 63.8. The highest BCUT2D eigenvalue weighted by Crippen LogP contribution is 2.18. The first-order valence-electron chi connectivity index (χ1n) is 33.8. The minimum atomic E-state index is -0.785. The van der Waals surface area contributed by atoms with Gasteiger partial charge in [-0.3, -0.25) is 14.4 Å². The lowest BCUT2D eigenvalue weighted by Crippen LogP contribution is -2.30. The third-order valence-corrected chi connectivity index (χ3v) is 15.0. The van der Waals surface area contributed by atoms with Crippen molar-refractivity contribution in [2.24, 2.45) is 0 Å². The molecule has 77 heavy (non-hydrogen) atoms. The van der Waals surface area contributed by atoms with E-state index in [1.54, 1.807) is 0 Å². The zero-order valence-electron chi connectivity index (χ0n) is 51.5. The Hall–Kier alpha value is -2.89. The van der Waals surface area contributed by atoms with Crippen molar-refractivity contribution in [3.63, 3.8) is 0 Å². The standard InChI is InChI=1S/C71H128O6/c1-4-7-10-13-16-19-22-25-27-29-31-32-33-34-35-36-37-38-39-41-42-44-46-49-52-55-58-61-64-70(73)76-67-68(66-75-69(72)63-60-57-54-51-48-24-21-18-15-12-9-6-3)77-71(74)65-62-59-56-53-50-47-45-43-40-30-28-26-23-20-17-14-11-8-5-2/h8,11,17-18,20-21,26,28,40,43,68H,4-7,9-10,12-16,19,22-25,27,29-39,41-42,44-67H2,1-3H3/b11-8-,20-17-,21-18-,28-26-,43-40-. The molecule has 0 rings (SSSR count). The van der Waals surface area contributed by atoms with Crippen LogP contribution in [0.3, 0.4) is 0 Å². The molecule has 0 saturated carbocycles. The van der Waals surface area contributed by atoms with Gasteiger partial charge >= 0.3 is 17.9 Å². The zero-order chi connectivity index (χ0) is 55.7. The van der Waals surface area contributed by atoms with Crippen molar-refractivity contribution < 1.29 is 28.6 Å². The second-order valence-corrected chi connectivity index (χ2v) is 22.7. The van der Waals surface area contributed by atoms with Crippen LogP contribution in [-0.4, -0.2) is 37.2 Å². The number of carbonyl (C=O) groups excluding carboxylic acids is 3. The van der Waals surface area contributed by atoms with Crippen LogP contribution in [-0.2, 0) is 28.6 Å². The van der Waals surface area contributed by atoms with Gasteiger partial charge in [0.2, 0.25) is 0 Å². The highest BCUT2D eigenvalue weighted by atomic mass is 16.6. The van der Waals surface area contributed by atoms with Crippen molar-refractivity contribution in [3.8, 4) is 0 Å². The van der Waals surface area contributed by atoms with Crippen LogP contribution in [0.15, 0.2) is 60.8 Å². The van der Waals surface area contributed by atoms with Crippen LogP contribution in [0.5, 0.6) is 0 Å². The number of hydrogen-bond donors (Lipinski definition) is 0. The second-order valence-electron chi connectivity index (χ2n) is 22.7. The molecule has 0 fully saturated rings. The van der Waals surface area contributed by atoms with Crippen LogP contribution in [0.25, 0.3) is 0 Å². The van der Waals surface area contributed by atoms with Crippen LogP contribution in [0, 0.1) is 0 Å². The van der Waals surface area contributed by atoms with E-state index < -0.39 is 6.10 Å². The summed E-state index contributed by atoms with van der Waals surface area (Å²) in [7, 11) is 0. The quantitative estimate of drug-likeness (QED) is 0.0261. The van der Waals surface area contributed by atoms with Gasteiger partial charge in [-0.2, -0.15) is 0 Å². The number of allylic oxidation sites excluding steroid dienone is 10. The molecule has 1 unspecified atom stereocenters. The Morgan fingerprint density at radius 2 is 0.506 bits per heavy atom. The Morgan fingerprint density at radius 1 is 0.273 bits per heavy atom. The minimum Gasteiger partial charge on any atom is -0.462 e. The van der Waals surface area contributed by atoms with Gasteiger partial charge in [0.15, 0.2) is 6.10 Å². The summed E-state index contributed by atoms with van der Waals surface area (Å²) in [6.45, 7) is 6.54. The molecule has 0 aliphatic carbocycles. The highest BCUT2D eigenvalue weighted by Gasteiger charge is 2.19. The fourth-order valence-electron chi connectivity index (χ4n) is 9.96. The number of carbonyl (C=O) groups is 3. The zero-order valence-corrected chi connectivity index (χ0v) is 51.5. The minimum absolute atomic E-state index is 0.0796. The van der Waals surface area contributed by atoms with E-state index in [0.29, 0.717) is 19.3 Å². The summed E-state index contributed by atoms with van der Waals surface area (Å²) in [4.78, 5) is 38.3. The number of unbranched alkanes of at least 4 members (excludes halogenated alkanes) is 41. The molecule has 0 saturated heterocycles. The van der Waals surface area contributed by atoms with Crippen molar-refractivity contribution >= 4 is 17.9 Å². The molecule has 0 aliphatic heterocycles. The number of hydrogen-bond acceptors (Lipinski definition) is 6. The molecule has 6 heteroatoms. The van der Waals surface area contributed by atoms with Crippen molar-refractivity contribution in [2.75, 3.05) is 13.2 Å². The largest absolute Gasteiger partial charge is 0.462 e. The van der Waals surface area contributed by atoms with Gasteiger partial charge < -0.3 is 14.2 Å². The van der Waals surface area contributed by atoms with Gasteiger partial charge in [-0.1, -0.05) is 313 Å². The maximum atomic E-state index is 12.9. The molecule has 0 bridgehead atoms. The van der Waals surface area contributed by atoms with E-state index in [4.69, 9.17) is 14.2 Å². The summed E-state index contributed by atoms with van der Waals surface area (Å²) in [5.41, 5.74) is 0. The molecule has 448 valence electrons. The van der Waals surface area contributed by atoms with E-state index in [1.165, 1.54) is 212 Å². The van der Waals surface area contributed by atoms with Crippen molar-refractivity contribution in [1.29, 1.82) is 0 Å². The van der Waals surface area contributed by atoms with Crippen LogP contribution in [0.2, 0.25) is 0 Å². The first kappa shape index (κ1) is 74.1. The maximum Gasteiger partial charge on any atom is 0.306 e. The molecule has 0 aromatic heterocycles. The second kappa shape index (κ2) is 65.6. The Bertz CT molecular complexity index is 1380. The van der Waals surface area contributed by atoms with E-state index in [9.17, 15) is 14.4 Å². The summed E-state index contributed by atoms with van der Waals surface area (Å²) < 4.78 is 16.9. The fraction of sp³-hybridized carbons (Fsp3) is 0.817. The Morgan fingerprint density at radius 3 is 0.831 bits per heavy atom. The lowest BCUT2D eigenvalue weighted by molar-refractivity contribution is -0.167. The smallest absolute Gasteiger partial charge is 0.306 e. The average Bonchev–Trinajstić information content (AvgIpc) is 3.43. The predicted molar refractivity (Wildman–Crippen MR) is 335 cm³/mol. The van der Waals surface area contributed by atoms with E-state index >= 15 is 0 Å². The van der Waals surface area contributed by atoms with Crippen molar-refractivity contribution in [1.82, 2.24) is 0 Å². The fourth-order valence-corrected chi connectivity index (χ4v) is 9.96. The monoisotopic (exact) mass is 1080 g/mol. The van der Waals surface area contributed by atoms with Gasteiger partial charge in [-0.25, -0.2) is 0 Å². The molecular weight excluding hydrogens is 949 g/mol. The van der Waals surface area contributed by atoms with Crippen LogP contribution < -0.4 is 0 Å². The molecule has 0 spiro atoms. The molecule has 6 nitrogen and oxygen atoms in total. The maximum absolute atomic E-state index is 12.9. The van der Waals surface area contributed by atoms with Crippen molar-refractivity contribution in [2.45, 2.75) is 361 Å². The van der Waals surface area contributed by atoms with Gasteiger partial charge in [0.1, 0.15) is 13.2 Å². The molecule has 0 radical (unpaired) electrons. The van der Waals surface area contributed by atoms with E-state index in [1.807, 2.05) is 0 Å².